The molecule has 3 aromatic rings. The van der Waals surface area contributed by atoms with Gasteiger partial charge >= 0.3 is 0 Å². The standard InChI is InChI=1S/C23H14Cl2FN3O5/c24-12-8-9-15(16(25)10-12)20-19-21(34-28(20)13-4-3-5-14(11-13)29(32)33)23(31)27(22(19)30)18-7-2-1-6-17(18)26/h1-11,19-21H/t19-,20-,21+/m1/s1. The largest absolute Gasteiger partial charge is 0.273 e. The summed E-state index contributed by atoms with van der Waals surface area (Å²) in [7, 11) is 0. The van der Waals surface area contributed by atoms with Gasteiger partial charge in [-0.25, -0.2) is 14.4 Å². The number of para-hydroxylation sites is 1. The van der Waals surface area contributed by atoms with E-state index in [9.17, 15) is 24.1 Å². The van der Waals surface area contributed by atoms with Crippen LogP contribution in [0.1, 0.15) is 11.6 Å². The van der Waals surface area contributed by atoms with Gasteiger partial charge in [0.2, 0.25) is 5.91 Å². The third-order valence-electron chi connectivity index (χ3n) is 5.78. The summed E-state index contributed by atoms with van der Waals surface area (Å²) in [4.78, 5) is 44.2. The lowest BCUT2D eigenvalue weighted by Gasteiger charge is -2.29. The van der Waals surface area contributed by atoms with Crippen LogP contribution in [0.4, 0.5) is 21.5 Å². The van der Waals surface area contributed by atoms with E-state index in [1.165, 1.54) is 47.5 Å². The van der Waals surface area contributed by atoms with Crippen LogP contribution in [0.15, 0.2) is 66.7 Å². The molecule has 0 aromatic heterocycles. The van der Waals surface area contributed by atoms with Crippen molar-refractivity contribution in [1.29, 1.82) is 0 Å². The van der Waals surface area contributed by atoms with Gasteiger partial charge in [-0.15, -0.1) is 0 Å². The highest BCUT2D eigenvalue weighted by molar-refractivity contribution is 6.35. The first-order chi connectivity index (χ1) is 16.3. The lowest BCUT2D eigenvalue weighted by molar-refractivity contribution is -0.384. The van der Waals surface area contributed by atoms with Gasteiger partial charge in [0.1, 0.15) is 11.7 Å². The van der Waals surface area contributed by atoms with Crippen molar-refractivity contribution >= 4 is 52.1 Å². The predicted molar refractivity (Wildman–Crippen MR) is 122 cm³/mol. The molecule has 0 aliphatic carbocycles. The van der Waals surface area contributed by atoms with Crippen LogP contribution in [0.2, 0.25) is 10.0 Å². The Balaban J connectivity index is 1.64. The highest BCUT2D eigenvalue weighted by Crippen LogP contribution is 2.49. The molecule has 8 nitrogen and oxygen atoms in total. The fraction of sp³-hybridized carbons (Fsp3) is 0.130. The van der Waals surface area contributed by atoms with Crippen molar-refractivity contribution in [2.75, 3.05) is 9.96 Å². The molecule has 0 saturated carbocycles. The van der Waals surface area contributed by atoms with Gasteiger partial charge in [0.25, 0.3) is 11.6 Å². The Morgan fingerprint density at radius 1 is 0.971 bits per heavy atom. The van der Waals surface area contributed by atoms with E-state index in [1.807, 2.05) is 0 Å². The SMILES string of the molecule is O=C1[C@H]2[C@H](ON(c3cccc([N+](=O)[O-])c3)[C@@H]2c2ccc(Cl)cc2Cl)C(=O)N1c1ccccc1F. The molecule has 0 bridgehead atoms. The maximum atomic E-state index is 14.5. The first-order valence-electron chi connectivity index (χ1n) is 10.1. The van der Waals surface area contributed by atoms with Gasteiger partial charge in [-0.1, -0.05) is 47.5 Å². The van der Waals surface area contributed by atoms with Crippen LogP contribution in [0.5, 0.6) is 0 Å². The smallest absolute Gasteiger partial charge is 0.271 e. The van der Waals surface area contributed by atoms with E-state index < -0.39 is 40.6 Å². The van der Waals surface area contributed by atoms with Gasteiger partial charge in [0.15, 0.2) is 6.10 Å². The summed E-state index contributed by atoms with van der Waals surface area (Å²) in [6.07, 6.45) is -1.29. The summed E-state index contributed by atoms with van der Waals surface area (Å²) in [5.74, 6) is -3.25. The van der Waals surface area contributed by atoms with Crippen molar-refractivity contribution in [3.05, 3.63) is 98.3 Å². The van der Waals surface area contributed by atoms with E-state index >= 15 is 0 Å². The molecule has 34 heavy (non-hydrogen) atoms. The number of fused-ring (bicyclic) bond motifs is 1. The number of rotatable bonds is 4. The van der Waals surface area contributed by atoms with Gasteiger partial charge in [0, 0.05) is 22.2 Å². The minimum Gasteiger partial charge on any atom is -0.273 e. The van der Waals surface area contributed by atoms with Crippen LogP contribution in [-0.4, -0.2) is 22.8 Å². The average molecular weight is 502 g/mol. The first-order valence-corrected chi connectivity index (χ1v) is 10.8. The first kappa shape index (κ1) is 22.3. The molecule has 2 saturated heterocycles. The van der Waals surface area contributed by atoms with Crippen molar-refractivity contribution in [3.8, 4) is 0 Å². The monoisotopic (exact) mass is 501 g/mol. The number of nitro benzene ring substituents is 1. The Hall–Kier alpha value is -3.53. The second kappa shape index (κ2) is 8.35. The minimum absolute atomic E-state index is 0.182. The quantitative estimate of drug-likeness (QED) is 0.280. The van der Waals surface area contributed by atoms with Gasteiger partial charge in [-0.2, -0.15) is 0 Å². The number of benzene rings is 3. The number of amides is 2. The van der Waals surface area contributed by atoms with Crippen molar-refractivity contribution in [3.63, 3.8) is 0 Å². The van der Waals surface area contributed by atoms with E-state index in [0.717, 1.165) is 11.0 Å². The number of hydrogen-bond acceptors (Lipinski definition) is 6. The number of hydroxylamine groups is 1. The molecule has 2 amide bonds. The molecule has 3 aromatic carbocycles. The molecule has 2 aliphatic heterocycles. The zero-order chi connectivity index (χ0) is 24.1. The molecular formula is C23H14Cl2FN3O5. The molecule has 5 rings (SSSR count). The number of carbonyl (C=O) groups is 2. The molecule has 2 heterocycles. The average Bonchev–Trinajstić information content (AvgIpc) is 3.31. The summed E-state index contributed by atoms with van der Waals surface area (Å²) in [5.41, 5.74) is 0.280. The molecular weight excluding hydrogens is 488 g/mol. The molecule has 0 unspecified atom stereocenters. The zero-order valence-corrected chi connectivity index (χ0v) is 18.6. The van der Waals surface area contributed by atoms with E-state index in [1.54, 1.807) is 18.2 Å². The number of non-ortho nitro benzene ring substituents is 1. The van der Waals surface area contributed by atoms with Crippen molar-refractivity contribution < 1.29 is 23.7 Å². The third kappa shape index (κ3) is 3.49. The maximum Gasteiger partial charge on any atom is 0.271 e. The molecule has 0 N–H and O–H groups in total. The molecule has 3 atom stereocenters. The highest BCUT2D eigenvalue weighted by Gasteiger charge is 2.61. The minimum atomic E-state index is -1.29. The lowest BCUT2D eigenvalue weighted by atomic mass is 9.90. The zero-order valence-electron chi connectivity index (χ0n) is 17.1. The summed E-state index contributed by atoms with van der Waals surface area (Å²) >= 11 is 12.5. The number of anilines is 2. The van der Waals surface area contributed by atoms with Gasteiger partial charge in [0.05, 0.1) is 22.3 Å². The number of nitrogens with zero attached hydrogens (tertiary/aromatic N) is 3. The number of nitro groups is 1. The van der Waals surface area contributed by atoms with Crippen LogP contribution in [0, 0.1) is 21.8 Å². The van der Waals surface area contributed by atoms with Crippen molar-refractivity contribution in [2.45, 2.75) is 12.1 Å². The molecule has 11 heteroatoms. The maximum absolute atomic E-state index is 14.5. The van der Waals surface area contributed by atoms with E-state index in [2.05, 4.69) is 0 Å². The van der Waals surface area contributed by atoms with E-state index in [4.69, 9.17) is 28.0 Å². The van der Waals surface area contributed by atoms with Crippen molar-refractivity contribution in [1.82, 2.24) is 0 Å². The summed E-state index contributed by atoms with van der Waals surface area (Å²) in [6.45, 7) is 0. The Morgan fingerprint density at radius 2 is 1.74 bits per heavy atom. The lowest BCUT2D eigenvalue weighted by Crippen LogP contribution is -2.38. The number of halogens is 3. The Morgan fingerprint density at radius 3 is 2.44 bits per heavy atom. The second-order valence-corrected chi connectivity index (χ2v) is 8.57. The summed E-state index contributed by atoms with van der Waals surface area (Å²) in [5, 5.41) is 13.1. The molecule has 172 valence electrons. The molecule has 2 aliphatic rings. The molecule has 2 fully saturated rings. The predicted octanol–water partition coefficient (Wildman–Crippen LogP) is 5.09. The Labute approximate surface area is 202 Å². The van der Waals surface area contributed by atoms with Crippen LogP contribution < -0.4 is 9.96 Å². The van der Waals surface area contributed by atoms with Crippen LogP contribution in [0.25, 0.3) is 0 Å². The number of hydrogen-bond donors (Lipinski definition) is 0. The molecule has 0 spiro atoms. The number of carbonyl (C=O) groups excluding carboxylic acids is 2. The van der Waals surface area contributed by atoms with Gasteiger partial charge in [-0.05, 0) is 35.9 Å². The summed E-state index contributed by atoms with van der Waals surface area (Å²) < 4.78 is 14.5. The highest BCUT2D eigenvalue weighted by atomic mass is 35.5. The fourth-order valence-corrected chi connectivity index (χ4v) is 4.83. The van der Waals surface area contributed by atoms with Crippen LogP contribution in [0.3, 0.4) is 0 Å². The van der Waals surface area contributed by atoms with E-state index in [0.29, 0.717) is 10.6 Å². The number of imide groups is 1. The van der Waals surface area contributed by atoms with Gasteiger partial charge < -0.3 is 0 Å². The Bertz CT molecular complexity index is 1350. The van der Waals surface area contributed by atoms with Crippen LogP contribution in [-0.2, 0) is 14.4 Å². The van der Waals surface area contributed by atoms with Crippen molar-refractivity contribution in [2.24, 2.45) is 5.92 Å². The van der Waals surface area contributed by atoms with Gasteiger partial charge in [-0.3, -0.25) is 24.5 Å². The second-order valence-electron chi connectivity index (χ2n) is 7.73. The normalized spacial score (nSPS) is 21.8. The Kier molecular flexibility index (Phi) is 5.47. The third-order valence-corrected chi connectivity index (χ3v) is 6.35. The topological polar surface area (TPSA) is 93.0 Å². The fourth-order valence-electron chi connectivity index (χ4n) is 4.31. The van der Waals surface area contributed by atoms with Crippen LogP contribution >= 0.6 is 23.2 Å². The molecule has 0 radical (unpaired) electrons. The van der Waals surface area contributed by atoms with E-state index in [-0.39, 0.29) is 22.1 Å². The summed E-state index contributed by atoms with van der Waals surface area (Å²) in [6, 6.07) is 14.7.